The van der Waals surface area contributed by atoms with Gasteiger partial charge in [-0.05, 0) is 56.2 Å². The van der Waals surface area contributed by atoms with Gasteiger partial charge in [0.25, 0.3) is 5.91 Å². The fourth-order valence-corrected chi connectivity index (χ4v) is 4.36. The van der Waals surface area contributed by atoms with Gasteiger partial charge in [-0.1, -0.05) is 30.0 Å². The van der Waals surface area contributed by atoms with Crippen molar-refractivity contribution < 1.29 is 28.7 Å². The highest BCUT2D eigenvalue weighted by Crippen LogP contribution is 2.39. The largest absolute Gasteiger partial charge is 0.872 e. The lowest BCUT2D eigenvalue weighted by molar-refractivity contribution is -0.695. The van der Waals surface area contributed by atoms with Gasteiger partial charge in [0, 0.05) is 18.5 Å². The van der Waals surface area contributed by atoms with E-state index in [1.54, 1.807) is 36.4 Å². The van der Waals surface area contributed by atoms with Crippen LogP contribution in [0.25, 0.3) is 5.76 Å². The molecule has 188 valence electrons. The molecule has 1 aliphatic rings. The van der Waals surface area contributed by atoms with Crippen molar-refractivity contribution in [2.75, 3.05) is 13.2 Å². The van der Waals surface area contributed by atoms with Gasteiger partial charge in [-0.15, -0.1) is 0 Å². The minimum Gasteiger partial charge on any atom is -0.872 e. The number of imidazole rings is 1. The Morgan fingerprint density at radius 3 is 2.39 bits per heavy atom. The number of hydrogen-bond donors (Lipinski definition) is 1. The van der Waals surface area contributed by atoms with Crippen molar-refractivity contribution >= 4 is 17.4 Å². The number of nitrogens with zero attached hydrogens (tertiary/aromatic N) is 2. The van der Waals surface area contributed by atoms with Gasteiger partial charge in [-0.3, -0.25) is 14.6 Å². The number of ketones is 1. The van der Waals surface area contributed by atoms with E-state index in [0.717, 1.165) is 0 Å². The van der Waals surface area contributed by atoms with Gasteiger partial charge < -0.3 is 19.5 Å². The highest BCUT2D eigenvalue weighted by molar-refractivity contribution is 6.46. The quantitative estimate of drug-likeness (QED) is 0.204. The van der Waals surface area contributed by atoms with E-state index in [1.165, 1.54) is 4.90 Å². The lowest BCUT2D eigenvalue weighted by Gasteiger charge is -2.27. The summed E-state index contributed by atoms with van der Waals surface area (Å²) in [6.07, 6.45) is 6.16. The lowest BCUT2D eigenvalue weighted by Crippen LogP contribution is -2.36. The van der Waals surface area contributed by atoms with Crippen LogP contribution in [0, 0.1) is 0 Å². The molecule has 2 heterocycles. The molecule has 1 unspecified atom stereocenters. The first-order valence-corrected chi connectivity index (χ1v) is 12.2. The standard InChI is InChI=1S/C28H31N3O5/c1-4-35-22-10-6-20(7-11-22)25-24(26(32)21-8-12-23(13-9-21)36-19(2)3)27(33)28(34)31(25)16-5-15-30-17-14-29-18-30/h6-14,17-19,25H,4-5,15-16H2,1-3H3,(H,32,33). The normalized spacial score (nSPS) is 17.1. The van der Waals surface area contributed by atoms with Crippen molar-refractivity contribution in [3.05, 3.63) is 84.0 Å². The molecule has 1 amide bonds. The fourth-order valence-electron chi connectivity index (χ4n) is 4.36. The van der Waals surface area contributed by atoms with Gasteiger partial charge in [0.05, 0.1) is 25.3 Å². The monoisotopic (exact) mass is 489 g/mol. The number of aromatic nitrogens is 2. The van der Waals surface area contributed by atoms with Crippen LogP contribution in [0.5, 0.6) is 11.5 Å². The molecule has 1 atom stereocenters. The molecule has 2 aromatic carbocycles. The van der Waals surface area contributed by atoms with E-state index in [2.05, 4.69) is 4.98 Å². The number of carbonyl (C=O) groups is 2. The number of ether oxygens (including phenoxy) is 2. The average Bonchev–Trinajstić information content (AvgIpc) is 3.47. The highest BCUT2D eigenvalue weighted by atomic mass is 16.5. The van der Waals surface area contributed by atoms with E-state index in [1.807, 2.05) is 56.2 Å². The molecule has 0 radical (unpaired) electrons. The van der Waals surface area contributed by atoms with Crippen LogP contribution in [0.1, 0.15) is 44.4 Å². The summed E-state index contributed by atoms with van der Waals surface area (Å²) >= 11 is 0. The molecule has 3 aromatic rings. The molecule has 0 spiro atoms. The van der Waals surface area contributed by atoms with Crippen molar-refractivity contribution in [1.82, 2.24) is 9.88 Å². The molecular formula is C28H31N3O5. The van der Waals surface area contributed by atoms with E-state index in [4.69, 9.17) is 9.47 Å². The number of hydrogen-bond acceptors (Lipinski definition) is 5. The average molecular weight is 490 g/mol. The molecule has 4 rings (SSSR count). The van der Waals surface area contributed by atoms with Gasteiger partial charge >= 0.3 is 0 Å². The van der Waals surface area contributed by atoms with Crippen molar-refractivity contribution in [1.29, 1.82) is 0 Å². The number of amides is 1. The molecule has 0 saturated carbocycles. The maximum Gasteiger partial charge on any atom is 0.295 e. The van der Waals surface area contributed by atoms with Crippen molar-refractivity contribution in [3.63, 3.8) is 0 Å². The van der Waals surface area contributed by atoms with E-state index in [-0.39, 0.29) is 11.7 Å². The summed E-state index contributed by atoms with van der Waals surface area (Å²) in [5.74, 6) is -0.550. The third kappa shape index (κ3) is 5.43. The van der Waals surface area contributed by atoms with Crippen LogP contribution in [-0.2, 0) is 16.1 Å². The Hall–Kier alpha value is -4.07. The predicted octanol–water partition coefficient (Wildman–Crippen LogP) is 2.80. The van der Waals surface area contributed by atoms with Crippen LogP contribution in [0.2, 0.25) is 0 Å². The zero-order valence-corrected chi connectivity index (χ0v) is 20.8. The molecule has 8 nitrogen and oxygen atoms in total. The van der Waals surface area contributed by atoms with Gasteiger partial charge in [0.2, 0.25) is 12.1 Å². The number of Topliss-reactive ketones (excluding diaryl/α,β-unsaturated/α-hetero) is 1. The third-order valence-corrected chi connectivity index (χ3v) is 5.94. The summed E-state index contributed by atoms with van der Waals surface area (Å²) in [6, 6.07) is 13.1. The lowest BCUT2D eigenvalue weighted by atomic mass is 9.95. The number of benzene rings is 2. The fraction of sp³-hybridized carbons (Fsp3) is 0.321. The molecule has 1 aliphatic heterocycles. The second-order valence-corrected chi connectivity index (χ2v) is 8.87. The zero-order chi connectivity index (χ0) is 25.7. The summed E-state index contributed by atoms with van der Waals surface area (Å²) < 4.78 is 13.2. The summed E-state index contributed by atoms with van der Waals surface area (Å²) in [5.41, 5.74) is 0.994. The van der Waals surface area contributed by atoms with Crippen molar-refractivity contribution in [3.8, 4) is 11.5 Å². The number of rotatable bonds is 10. The van der Waals surface area contributed by atoms with E-state index < -0.39 is 23.5 Å². The van der Waals surface area contributed by atoms with E-state index in [0.29, 0.717) is 48.7 Å². The summed E-state index contributed by atoms with van der Waals surface area (Å²) in [4.78, 5) is 30.8. The number of H-pyrrole nitrogens is 1. The highest BCUT2D eigenvalue weighted by Gasteiger charge is 2.43. The minimum atomic E-state index is -0.768. The summed E-state index contributed by atoms with van der Waals surface area (Å²) in [6.45, 7) is 7.25. The van der Waals surface area contributed by atoms with Crippen LogP contribution < -0.4 is 19.1 Å². The molecule has 1 aromatic heterocycles. The Morgan fingerprint density at radius 1 is 1.08 bits per heavy atom. The Morgan fingerprint density at radius 2 is 1.78 bits per heavy atom. The molecule has 1 N–H and O–H groups in total. The molecule has 0 aliphatic carbocycles. The van der Waals surface area contributed by atoms with Crippen LogP contribution in [0.4, 0.5) is 0 Å². The molecule has 8 heteroatoms. The third-order valence-electron chi connectivity index (χ3n) is 5.94. The molecule has 36 heavy (non-hydrogen) atoms. The number of aromatic amines is 1. The first-order chi connectivity index (χ1) is 17.4. The molecule has 1 saturated heterocycles. The van der Waals surface area contributed by atoms with Crippen LogP contribution in [0.3, 0.4) is 0 Å². The number of aryl methyl sites for hydroxylation is 1. The number of likely N-dealkylation sites (tertiary alicyclic amines) is 1. The maximum absolute atomic E-state index is 13.6. The zero-order valence-electron chi connectivity index (χ0n) is 20.8. The molecular weight excluding hydrogens is 458 g/mol. The molecule has 0 bridgehead atoms. The molecule has 1 fully saturated rings. The van der Waals surface area contributed by atoms with Gasteiger partial charge in [0.15, 0.2) is 0 Å². The maximum atomic E-state index is 13.6. The first-order valence-electron chi connectivity index (χ1n) is 12.2. The smallest absolute Gasteiger partial charge is 0.295 e. The van der Waals surface area contributed by atoms with Crippen molar-refractivity contribution in [2.24, 2.45) is 0 Å². The van der Waals surface area contributed by atoms with Crippen molar-refractivity contribution in [2.45, 2.75) is 45.9 Å². The number of carbonyl (C=O) groups excluding carboxylic acids is 2. The van der Waals surface area contributed by atoms with E-state index in [9.17, 15) is 14.7 Å². The topological polar surface area (TPSA) is 98.6 Å². The van der Waals surface area contributed by atoms with Crippen LogP contribution in [0.15, 0.2) is 72.8 Å². The Kier molecular flexibility index (Phi) is 7.73. The minimum absolute atomic E-state index is 0.00279. The second-order valence-electron chi connectivity index (χ2n) is 8.87. The Labute approximate surface area is 210 Å². The summed E-state index contributed by atoms with van der Waals surface area (Å²) in [7, 11) is 0. The number of nitrogens with one attached hydrogen (secondary N) is 1. The predicted molar refractivity (Wildman–Crippen MR) is 132 cm³/mol. The Balaban J connectivity index is 1.69. The van der Waals surface area contributed by atoms with Crippen LogP contribution in [-0.4, -0.2) is 40.8 Å². The summed E-state index contributed by atoms with van der Waals surface area (Å²) in [5, 5.41) is 13.6. The van der Waals surface area contributed by atoms with Gasteiger partial charge in [-0.25, -0.2) is 4.57 Å². The second kappa shape index (κ2) is 11.1. The van der Waals surface area contributed by atoms with Crippen LogP contribution >= 0.6 is 0 Å². The van der Waals surface area contributed by atoms with Gasteiger partial charge in [-0.2, -0.15) is 0 Å². The SMILES string of the molecule is CCOc1ccc(C2C(=C([O-])c3ccc(OC(C)C)cc3)C(=O)C(=O)N2CCC[n+]2cc[nH]c2)cc1. The van der Waals surface area contributed by atoms with Gasteiger partial charge in [0.1, 0.15) is 23.9 Å². The Bertz CT molecular complexity index is 1220. The van der Waals surface area contributed by atoms with E-state index >= 15 is 0 Å². The first kappa shape index (κ1) is 25.0.